The van der Waals surface area contributed by atoms with Gasteiger partial charge >= 0.3 is 0 Å². The SMILES string of the molecule is [C-]#[N+]c1cc(C#N)cc(-c2cc(-c3cc(C#N)cc(C#N)c3)cc(-c3ccc4c(c3)c3cc(-c5cc(-c6cc(C#N)cc([N+]#[C-])c6)cc(-c6cc([N+]#[C-])cc([N+]#[C-])c6)c5)ccc3n4-c3ccccc3-c3cc(C(C)(C)C)cc(C(C)(C)C)c3)c2)c1. The second-order valence-electron chi connectivity index (χ2n) is 23.2. The van der Waals surface area contributed by atoms with Crippen LogP contribution in [0.2, 0.25) is 0 Å². The molecule has 0 aliphatic heterocycles. The molecule has 0 N–H and O–H groups in total. The van der Waals surface area contributed by atoms with Gasteiger partial charge in [0.15, 0.2) is 22.7 Å². The van der Waals surface area contributed by atoms with Gasteiger partial charge in [-0.3, -0.25) is 0 Å². The highest BCUT2D eigenvalue weighted by Crippen LogP contribution is 2.45. The highest BCUT2D eigenvalue weighted by molar-refractivity contribution is 6.12. The smallest absolute Gasteiger partial charge is 0.189 e. The predicted octanol–water partition coefficient (Wildman–Crippen LogP) is 20.7. The predicted molar refractivity (Wildman–Crippen MR) is 340 cm³/mol. The number of rotatable bonds is 8. The molecule has 0 bridgehead atoms. The number of hydrogen-bond donors (Lipinski definition) is 0. The molecule has 9 heteroatoms. The van der Waals surface area contributed by atoms with Crippen LogP contribution in [0.4, 0.5) is 22.7 Å². The molecule has 0 radical (unpaired) electrons. The summed E-state index contributed by atoms with van der Waals surface area (Å²) >= 11 is 0. The Kier molecular flexibility index (Phi) is 14.0. The van der Waals surface area contributed by atoms with E-state index in [0.29, 0.717) is 67.3 Å². The number of benzene rings is 10. The Bertz CT molecular complexity index is 4410. The lowest BCUT2D eigenvalue weighted by molar-refractivity contribution is 0.569. The molecule has 0 saturated heterocycles. The van der Waals surface area contributed by atoms with Crippen LogP contribution in [-0.2, 0) is 10.8 Å². The van der Waals surface area contributed by atoms with Crippen molar-refractivity contribution in [1.82, 2.24) is 4.57 Å². The summed E-state index contributed by atoms with van der Waals surface area (Å²) in [6.07, 6.45) is 0. The molecule has 85 heavy (non-hydrogen) atoms. The van der Waals surface area contributed by atoms with Crippen LogP contribution in [0.1, 0.15) is 74.9 Å². The van der Waals surface area contributed by atoms with Crippen molar-refractivity contribution in [2.45, 2.75) is 52.4 Å². The van der Waals surface area contributed by atoms with Crippen molar-refractivity contribution in [2.75, 3.05) is 0 Å². The number of nitrogens with zero attached hydrogens (tertiary/aromatic N) is 9. The minimum Gasteiger partial charge on any atom is -0.309 e. The van der Waals surface area contributed by atoms with Crippen molar-refractivity contribution in [3.8, 4) is 108 Å². The molecule has 0 atom stereocenters. The van der Waals surface area contributed by atoms with Crippen molar-refractivity contribution < 1.29 is 0 Å². The van der Waals surface area contributed by atoms with Gasteiger partial charge in [0.25, 0.3) is 0 Å². The molecule has 398 valence electrons. The van der Waals surface area contributed by atoms with Gasteiger partial charge in [-0.05, 0) is 216 Å². The van der Waals surface area contributed by atoms with Crippen molar-refractivity contribution >= 4 is 44.6 Å². The summed E-state index contributed by atoms with van der Waals surface area (Å²) in [4.78, 5) is 14.8. The molecule has 1 aromatic heterocycles. The Balaban J connectivity index is 1.21. The van der Waals surface area contributed by atoms with E-state index in [0.717, 1.165) is 83.1 Å². The van der Waals surface area contributed by atoms with E-state index < -0.39 is 0 Å². The Morgan fingerprint density at radius 1 is 0.318 bits per heavy atom. The third kappa shape index (κ3) is 10.7. The van der Waals surface area contributed by atoms with Gasteiger partial charge < -0.3 is 4.57 Å². The number of aromatic nitrogens is 1. The molecule has 0 fully saturated rings. The first-order valence-corrected chi connectivity index (χ1v) is 27.3. The van der Waals surface area contributed by atoms with E-state index in [1.807, 2.05) is 36.4 Å². The molecule has 11 rings (SSSR count). The molecule has 9 nitrogen and oxygen atoms in total. The molecular weight excluding hydrogens is 1040 g/mol. The molecule has 10 aromatic carbocycles. The Morgan fingerprint density at radius 2 is 0.647 bits per heavy atom. The van der Waals surface area contributed by atoms with E-state index in [4.69, 9.17) is 26.3 Å². The van der Waals surface area contributed by atoms with Crippen LogP contribution in [0.3, 0.4) is 0 Å². The van der Waals surface area contributed by atoms with Crippen molar-refractivity contribution in [2.24, 2.45) is 0 Å². The summed E-state index contributed by atoms with van der Waals surface area (Å²) in [5, 5.41) is 42.2. The number of para-hydroxylation sites is 1. The fourth-order valence-corrected chi connectivity index (χ4v) is 11.1. The second-order valence-corrected chi connectivity index (χ2v) is 23.2. The van der Waals surface area contributed by atoms with Crippen molar-refractivity contribution in [1.29, 1.82) is 21.0 Å². The minimum atomic E-state index is -0.135. The fraction of sp³-hybridized carbons (Fsp3) is 0.105. The van der Waals surface area contributed by atoms with E-state index >= 15 is 0 Å². The molecule has 0 unspecified atom stereocenters. The van der Waals surface area contributed by atoms with E-state index in [2.05, 4.69) is 169 Å². The lowest BCUT2D eigenvalue weighted by Gasteiger charge is -2.27. The molecule has 0 aliphatic rings. The molecule has 11 aromatic rings. The summed E-state index contributed by atoms with van der Waals surface area (Å²) < 4.78 is 2.33. The lowest BCUT2D eigenvalue weighted by Crippen LogP contribution is -2.16. The molecule has 0 amide bonds. The van der Waals surface area contributed by atoms with E-state index in [9.17, 15) is 21.0 Å². The summed E-state index contributed by atoms with van der Waals surface area (Å²) in [7, 11) is 0. The normalized spacial score (nSPS) is 11.1. The van der Waals surface area contributed by atoms with Gasteiger partial charge in [0.05, 0.1) is 78.4 Å². The Morgan fingerprint density at radius 3 is 1.02 bits per heavy atom. The zero-order valence-corrected chi connectivity index (χ0v) is 47.4. The summed E-state index contributed by atoms with van der Waals surface area (Å²) in [6.45, 7) is 45.1. The summed E-state index contributed by atoms with van der Waals surface area (Å²) in [6, 6.07) is 69.7. The minimum absolute atomic E-state index is 0.135. The number of hydrogen-bond acceptors (Lipinski definition) is 4. The Hall–Kier alpha value is -12.1. The first-order chi connectivity index (χ1) is 40.9. The van der Waals surface area contributed by atoms with Gasteiger partial charge in [-0.2, -0.15) is 21.0 Å². The average Bonchev–Trinajstić information content (AvgIpc) is 1.80. The zero-order chi connectivity index (χ0) is 59.9. The van der Waals surface area contributed by atoms with Crippen LogP contribution in [0.15, 0.2) is 188 Å². The molecule has 0 aliphatic carbocycles. The molecule has 0 spiro atoms. The lowest BCUT2D eigenvalue weighted by atomic mass is 9.79. The summed E-state index contributed by atoms with van der Waals surface area (Å²) in [5.41, 5.74) is 18.7. The van der Waals surface area contributed by atoms with Gasteiger partial charge in [0.1, 0.15) is 0 Å². The van der Waals surface area contributed by atoms with Gasteiger partial charge in [0.2, 0.25) is 0 Å². The fourth-order valence-electron chi connectivity index (χ4n) is 11.1. The van der Waals surface area contributed by atoms with Gasteiger partial charge in [-0.15, -0.1) is 0 Å². The van der Waals surface area contributed by atoms with Crippen molar-refractivity contribution in [3.63, 3.8) is 0 Å². The van der Waals surface area contributed by atoms with Gasteiger partial charge in [0, 0.05) is 27.5 Å². The van der Waals surface area contributed by atoms with E-state index in [1.54, 1.807) is 72.8 Å². The Labute approximate surface area is 494 Å². The maximum Gasteiger partial charge on any atom is 0.189 e. The van der Waals surface area contributed by atoms with Crippen LogP contribution < -0.4 is 0 Å². The third-order valence-electron chi connectivity index (χ3n) is 15.5. The van der Waals surface area contributed by atoms with Crippen LogP contribution >= 0.6 is 0 Å². The monoisotopic (exact) mass is 1090 g/mol. The van der Waals surface area contributed by atoms with Gasteiger partial charge in [-0.1, -0.05) is 108 Å². The van der Waals surface area contributed by atoms with Crippen LogP contribution in [0, 0.1) is 71.6 Å². The molecule has 1 heterocycles. The highest BCUT2D eigenvalue weighted by atomic mass is 15.0. The topological polar surface area (TPSA) is 118 Å². The maximum absolute atomic E-state index is 10.1. The zero-order valence-electron chi connectivity index (χ0n) is 47.4. The third-order valence-corrected chi connectivity index (χ3v) is 15.5. The number of fused-ring (bicyclic) bond motifs is 3. The van der Waals surface area contributed by atoms with Crippen LogP contribution in [-0.4, -0.2) is 4.57 Å². The summed E-state index contributed by atoms with van der Waals surface area (Å²) in [5.74, 6) is 0. The first kappa shape index (κ1) is 54.9. The molecular formula is C76H49N9. The van der Waals surface area contributed by atoms with Crippen molar-refractivity contribution in [3.05, 3.63) is 267 Å². The largest absolute Gasteiger partial charge is 0.309 e. The molecule has 0 saturated carbocycles. The average molecular weight is 1090 g/mol. The van der Waals surface area contributed by atoms with E-state index in [1.165, 1.54) is 11.1 Å². The van der Waals surface area contributed by atoms with Gasteiger partial charge in [-0.25, -0.2) is 19.4 Å². The quantitative estimate of drug-likeness (QED) is 0.141. The standard InChI is InChI=1S/C76H49N9/c1-75(2,3)63-32-62(33-64(40-63)76(4,5)6)69-13-11-12-14-72(69)85-73-17-15-50(55-26-57(52-20-46(42-77)19-47(21-52)43-78)30-58(27-55)53-22-48(44-79)24-65(34-53)81-7)38-70(73)71-39-51(16-18-74(71)85)56-28-59(54-23-49(45-80)25-66(35-54)82-8)31-60(29-56)61-36-67(83-9)41-68(37-61)84-10/h11-41H,1-6H3. The van der Waals surface area contributed by atoms with Crippen LogP contribution in [0.5, 0.6) is 0 Å². The highest BCUT2D eigenvalue weighted by Gasteiger charge is 2.24. The van der Waals surface area contributed by atoms with Crippen LogP contribution in [0.25, 0.3) is 125 Å². The maximum atomic E-state index is 10.1. The first-order valence-electron chi connectivity index (χ1n) is 27.3. The second kappa shape index (κ2) is 21.8. The van der Waals surface area contributed by atoms with E-state index in [-0.39, 0.29) is 10.8 Å². The number of nitriles is 4.